The molecule has 0 radical (unpaired) electrons. The van der Waals surface area contributed by atoms with Crippen molar-refractivity contribution in [2.75, 3.05) is 0 Å². The Morgan fingerprint density at radius 3 is 2.62 bits per heavy atom. The molecule has 0 saturated heterocycles. The van der Waals surface area contributed by atoms with Crippen molar-refractivity contribution in [1.29, 1.82) is 0 Å². The smallest absolute Gasteiger partial charge is 0.341 e. The highest BCUT2D eigenvalue weighted by atomic mass is 19.1. The molecule has 146 valence electrons. The average Bonchev–Trinajstić information content (AvgIpc) is 3.24. The molecule has 0 spiro atoms. The summed E-state index contributed by atoms with van der Waals surface area (Å²) in [5.41, 5.74) is 0.643. The molecule has 4 rings (SSSR count). The van der Waals surface area contributed by atoms with Crippen LogP contribution >= 0.6 is 0 Å². The SMILES string of the molecule is CCn1cc(C(=O)O)c(=O)c2cc(F)c(C(c3ccccc3)n3ccnc3)cc21. The number of carboxylic acid groups (broad SMARTS) is 1. The monoisotopic (exact) mass is 391 g/mol. The second kappa shape index (κ2) is 7.35. The molecule has 4 aromatic rings. The Hall–Kier alpha value is -3.74. The van der Waals surface area contributed by atoms with Crippen LogP contribution in [0.4, 0.5) is 4.39 Å². The lowest BCUT2D eigenvalue weighted by Gasteiger charge is -2.21. The first kappa shape index (κ1) is 18.6. The summed E-state index contributed by atoms with van der Waals surface area (Å²) in [6.07, 6.45) is 6.29. The standard InChI is InChI=1S/C22H18FN3O3/c1-2-25-12-17(22(28)29)21(27)16-10-18(23)15(11-19(16)25)20(26-9-8-24-13-26)14-6-4-3-5-7-14/h3-13,20H,2H2,1H3,(H,28,29). The van der Waals surface area contributed by atoms with E-state index in [9.17, 15) is 14.7 Å². The highest BCUT2D eigenvalue weighted by molar-refractivity contribution is 5.92. The van der Waals surface area contributed by atoms with Gasteiger partial charge in [0.1, 0.15) is 11.4 Å². The Balaban J connectivity index is 2.03. The maximum Gasteiger partial charge on any atom is 0.341 e. The van der Waals surface area contributed by atoms with Crippen LogP contribution in [0.2, 0.25) is 0 Å². The first-order chi connectivity index (χ1) is 14.0. The minimum Gasteiger partial charge on any atom is -0.477 e. The molecule has 0 fully saturated rings. The molecule has 0 aliphatic rings. The zero-order valence-corrected chi connectivity index (χ0v) is 15.6. The van der Waals surface area contributed by atoms with E-state index in [0.29, 0.717) is 17.6 Å². The van der Waals surface area contributed by atoms with E-state index < -0.39 is 23.3 Å². The van der Waals surface area contributed by atoms with E-state index in [1.54, 1.807) is 33.9 Å². The minimum absolute atomic E-state index is 0.0467. The van der Waals surface area contributed by atoms with Crippen LogP contribution in [0.15, 0.2) is 72.2 Å². The van der Waals surface area contributed by atoms with E-state index in [4.69, 9.17) is 0 Å². The lowest BCUT2D eigenvalue weighted by molar-refractivity contribution is 0.0695. The largest absolute Gasteiger partial charge is 0.477 e. The fourth-order valence-electron chi connectivity index (χ4n) is 3.62. The number of aromatic carboxylic acids is 1. The van der Waals surface area contributed by atoms with Crippen molar-refractivity contribution in [2.45, 2.75) is 19.5 Å². The minimum atomic E-state index is -1.33. The lowest BCUT2D eigenvalue weighted by Crippen LogP contribution is -2.20. The number of nitrogens with zero attached hydrogens (tertiary/aromatic N) is 3. The molecule has 29 heavy (non-hydrogen) atoms. The van der Waals surface area contributed by atoms with Gasteiger partial charge in [-0.05, 0) is 24.6 Å². The molecular weight excluding hydrogens is 373 g/mol. The molecule has 1 N–H and O–H groups in total. The van der Waals surface area contributed by atoms with Gasteiger partial charge in [0.25, 0.3) is 0 Å². The summed E-state index contributed by atoms with van der Waals surface area (Å²) in [4.78, 5) is 28.1. The zero-order valence-electron chi connectivity index (χ0n) is 15.6. The van der Waals surface area contributed by atoms with Crippen LogP contribution in [0.3, 0.4) is 0 Å². The molecule has 1 unspecified atom stereocenters. The molecule has 0 aliphatic carbocycles. The quantitative estimate of drug-likeness (QED) is 0.563. The first-order valence-electron chi connectivity index (χ1n) is 9.13. The zero-order chi connectivity index (χ0) is 20.5. The molecule has 0 bridgehead atoms. The number of aromatic nitrogens is 3. The number of carboxylic acids is 1. The number of fused-ring (bicyclic) bond motifs is 1. The fraction of sp³-hybridized carbons (Fsp3) is 0.136. The van der Waals surface area contributed by atoms with Gasteiger partial charge < -0.3 is 14.2 Å². The number of imidazole rings is 1. The van der Waals surface area contributed by atoms with Crippen LogP contribution in [0.25, 0.3) is 10.9 Å². The maximum atomic E-state index is 15.3. The van der Waals surface area contributed by atoms with Gasteiger partial charge >= 0.3 is 5.97 Å². The average molecular weight is 391 g/mol. The van der Waals surface area contributed by atoms with Crippen LogP contribution in [-0.4, -0.2) is 25.2 Å². The molecule has 0 saturated carbocycles. The molecule has 2 aromatic carbocycles. The van der Waals surface area contributed by atoms with Crippen LogP contribution in [0, 0.1) is 5.82 Å². The van der Waals surface area contributed by atoms with Crippen LogP contribution in [-0.2, 0) is 6.54 Å². The second-order valence-corrected chi connectivity index (χ2v) is 6.68. The Morgan fingerprint density at radius 1 is 1.24 bits per heavy atom. The Kier molecular flexibility index (Phi) is 4.72. The van der Waals surface area contributed by atoms with Crippen molar-refractivity contribution >= 4 is 16.9 Å². The van der Waals surface area contributed by atoms with Crippen molar-refractivity contribution in [1.82, 2.24) is 14.1 Å². The van der Waals surface area contributed by atoms with E-state index in [1.807, 2.05) is 37.3 Å². The van der Waals surface area contributed by atoms with Gasteiger partial charge in [-0.1, -0.05) is 30.3 Å². The van der Waals surface area contributed by atoms with E-state index in [0.717, 1.165) is 11.6 Å². The van der Waals surface area contributed by atoms with Crippen molar-refractivity contribution in [3.05, 3.63) is 100 Å². The Labute approximate surface area is 165 Å². The number of rotatable bonds is 5. The second-order valence-electron chi connectivity index (χ2n) is 6.68. The van der Waals surface area contributed by atoms with Crippen molar-refractivity contribution < 1.29 is 14.3 Å². The summed E-state index contributed by atoms with van der Waals surface area (Å²) < 4.78 is 18.7. The third kappa shape index (κ3) is 3.20. The lowest BCUT2D eigenvalue weighted by atomic mass is 9.96. The highest BCUT2D eigenvalue weighted by Gasteiger charge is 2.23. The Bertz CT molecular complexity index is 1250. The van der Waals surface area contributed by atoms with Crippen LogP contribution < -0.4 is 5.43 Å². The number of hydrogen-bond donors (Lipinski definition) is 1. The predicted octanol–water partition coefficient (Wildman–Crippen LogP) is 3.69. The van der Waals surface area contributed by atoms with E-state index in [1.165, 1.54) is 6.20 Å². The molecule has 2 heterocycles. The molecule has 6 nitrogen and oxygen atoms in total. The topological polar surface area (TPSA) is 77.1 Å². The number of aryl methyl sites for hydroxylation is 1. The number of hydrogen-bond acceptors (Lipinski definition) is 3. The Morgan fingerprint density at radius 2 is 2.00 bits per heavy atom. The van der Waals surface area contributed by atoms with Gasteiger partial charge in [0.2, 0.25) is 5.43 Å². The summed E-state index contributed by atoms with van der Waals surface area (Å²) in [5, 5.41) is 9.36. The number of benzene rings is 2. The van der Waals surface area contributed by atoms with Gasteiger partial charge in [0, 0.05) is 36.1 Å². The third-order valence-corrected chi connectivity index (χ3v) is 5.00. The summed E-state index contributed by atoms with van der Waals surface area (Å²) in [7, 11) is 0. The van der Waals surface area contributed by atoms with Crippen LogP contribution in [0.5, 0.6) is 0 Å². The van der Waals surface area contributed by atoms with Crippen molar-refractivity contribution in [3.8, 4) is 0 Å². The summed E-state index contributed by atoms with van der Waals surface area (Å²) in [6.45, 7) is 2.27. The summed E-state index contributed by atoms with van der Waals surface area (Å²) in [6, 6.07) is 11.7. The molecule has 7 heteroatoms. The van der Waals surface area contributed by atoms with E-state index in [-0.39, 0.29) is 10.9 Å². The van der Waals surface area contributed by atoms with Crippen molar-refractivity contribution in [3.63, 3.8) is 0 Å². The molecule has 1 atom stereocenters. The maximum absolute atomic E-state index is 15.3. The molecule has 0 aliphatic heterocycles. The van der Waals surface area contributed by atoms with Gasteiger partial charge in [-0.2, -0.15) is 0 Å². The molecule has 0 amide bonds. The van der Waals surface area contributed by atoms with Gasteiger partial charge in [0.15, 0.2) is 0 Å². The fourth-order valence-corrected chi connectivity index (χ4v) is 3.62. The van der Waals surface area contributed by atoms with Gasteiger partial charge in [0.05, 0.1) is 17.9 Å². The van der Waals surface area contributed by atoms with Crippen molar-refractivity contribution in [2.24, 2.45) is 0 Å². The van der Waals surface area contributed by atoms with Gasteiger partial charge in [-0.25, -0.2) is 14.2 Å². The molecule has 2 aromatic heterocycles. The first-order valence-corrected chi connectivity index (χ1v) is 9.13. The number of carbonyl (C=O) groups is 1. The van der Waals surface area contributed by atoms with Gasteiger partial charge in [-0.3, -0.25) is 4.79 Å². The molecular formula is C22H18FN3O3. The van der Waals surface area contributed by atoms with E-state index >= 15 is 4.39 Å². The number of halogens is 1. The van der Waals surface area contributed by atoms with Crippen LogP contribution in [0.1, 0.15) is 34.5 Å². The number of pyridine rings is 1. The summed E-state index contributed by atoms with van der Waals surface area (Å²) in [5.74, 6) is -1.91. The van der Waals surface area contributed by atoms with Gasteiger partial charge in [-0.15, -0.1) is 0 Å². The summed E-state index contributed by atoms with van der Waals surface area (Å²) >= 11 is 0. The third-order valence-electron chi connectivity index (χ3n) is 5.00. The van der Waals surface area contributed by atoms with E-state index in [2.05, 4.69) is 4.98 Å². The highest BCUT2D eigenvalue weighted by Crippen LogP contribution is 2.31. The normalized spacial score (nSPS) is 12.2. The predicted molar refractivity (Wildman–Crippen MR) is 107 cm³/mol.